The molecule has 0 bridgehead atoms. The van der Waals surface area contributed by atoms with Crippen molar-refractivity contribution in [1.29, 1.82) is 0 Å². The second-order valence-corrected chi connectivity index (χ2v) is 7.24. The van der Waals surface area contributed by atoms with Gasteiger partial charge in [0.25, 0.3) is 5.91 Å². The maximum Gasteiger partial charge on any atom is 0.299 e. The maximum absolute atomic E-state index is 12.7. The van der Waals surface area contributed by atoms with Crippen molar-refractivity contribution in [2.75, 3.05) is 19.8 Å². The van der Waals surface area contributed by atoms with Gasteiger partial charge < -0.3 is 9.64 Å². The van der Waals surface area contributed by atoms with Crippen LogP contribution in [0, 0.1) is 31.6 Å². The number of carbonyl (C=O) groups is 1. The van der Waals surface area contributed by atoms with E-state index < -0.39 is 0 Å². The van der Waals surface area contributed by atoms with E-state index in [1.54, 1.807) is 0 Å². The molecule has 1 aliphatic rings. The largest absolute Gasteiger partial charge is 0.377 e. The molecule has 2 aromatic rings. The number of carbonyl (C=O) groups excluding carboxylic acids is 1. The van der Waals surface area contributed by atoms with Crippen LogP contribution >= 0.6 is 0 Å². The van der Waals surface area contributed by atoms with Crippen LogP contribution in [-0.4, -0.2) is 40.3 Å². The minimum atomic E-state index is -0.141. The SMILES string of the molecule is Cc1nn(Cc2ccccc2)c(C)c1C1COCCN1C(=O)C#CC(C)C. The standard InChI is InChI=1S/C22H27N3O2/c1-16(2)10-11-21(26)24-12-13-27-15-20(24)22-17(3)23-25(18(22)4)14-19-8-6-5-7-9-19/h5-9,16,20H,12-15H2,1-4H3. The summed E-state index contributed by atoms with van der Waals surface area (Å²) in [6, 6.07) is 10.1. The first-order valence-corrected chi connectivity index (χ1v) is 9.45. The number of amides is 1. The Labute approximate surface area is 161 Å². The van der Waals surface area contributed by atoms with Gasteiger partial charge >= 0.3 is 0 Å². The van der Waals surface area contributed by atoms with Gasteiger partial charge in [0.2, 0.25) is 0 Å². The Morgan fingerprint density at radius 3 is 2.74 bits per heavy atom. The van der Waals surface area contributed by atoms with Crippen LogP contribution < -0.4 is 0 Å². The molecule has 0 saturated carbocycles. The summed E-state index contributed by atoms with van der Waals surface area (Å²) in [5, 5.41) is 4.74. The zero-order chi connectivity index (χ0) is 19.4. The second-order valence-electron chi connectivity index (χ2n) is 7.24. The summed E-state index contributed by atoms with van der Waals surface area (Å²) in [6.45, 7) is 10.3. The molecule has 1 saturated heterocycles. The highest BCUT2D eigenvalue weighted by atomic mass is 16.5. The Morgan fingerprint density at radius 2 is 2.04 bits per heavy atom. The van der Waals surface area contributed by atoms with E-state index in [2.05, 4.69) is 30.9 Å². The van der Waals surface area contributed by atoms with Crippen LogP contribution in [0.1, 0.15) is 42.4 Å². The lowest BCUT2D eigenvalue weighted by Gasteiger charge is -2.34. The van der Waals surface area contributed by atoms with Gasteiger partial charge in [-0.25, -0.2) is 0 Å². The Kier molecular flexibility index (Phi) is 5.98. The van der Waals surface area contributed by atoms with E-state index in [1.165, 1.54) is 5.56 Å². The quantitative estimate of drug-likeness (QED) is 0.785. The summed E-state index contributed by atoms with van der Waals surface area (Å²) >= 11 is 0. The predicted molar refractivity (Wildman–Crippen MR) is 105 cm³/mol. The van der Waals surface area contributed by atoms with Gasteiger partial charge in [0, 0.05) is 23.7 Å². The first kappa shape index (κ1) is 19.2. The Hall–Kier alpha value is -2.58. The molecule has 1 aromatic heterocycles. The van der Waals surface area contributed by atoms with Gasteiger partial charge in [-0.05, 0) is 25.3 Å². The average molecular weight is 365 g/mol. The Morgan fingerprint density at radius 1 is 1.30 bits per heavy atom. The van der Waals surface area contributed by atoms with E-state index >= 15 is 0 Å². The van der Waals surface area contributed by atoms with Crippen LogP contribution in [0.15, 0.2) is 30.3 Å². The highest BCUT2D eigenvalue weighted by Crippen LogP contribution is 2.29. The third kappa shape index (κ3) is 4.40. The van der Waals surface area contributed by atoms with E-state index in [9.17, 15) is 4.79 Å². The summed E-state index contributed by atoms with van der Waals surface area (Å²) in [4.78, 5) is 14.5. The molecule has 1 atom stereocenters. The van der Waals surface area contributed by atoms with Gasteiger partial charge in [0.05, 0.1) is 31.5 Å². The number of rotatable bonds is 3. The lowest BCUT2D eigenvalue weighted by Crippen LogP contribution is -2.43. The first-order valence-electron chi connectivity index (χ1n) is 9.45. The monoisotopic (exact) mass is 365 g/mol. The molecule has 0 aliphatic carbocycles. The van der Waals surface area contributed by atoms with Crippen LogP contribution in [0.4, 0.5) is 0 Å². The van der Waals surface area contributed by atoms with Gasteiger partial charge in [-0.3, -0.25) is 9.48 Å². The summed E-state index contributed by atoms with van der Waals surface area (Å²) in [5.74, 6) is 5.81. The number of nitrogens with zero attached hydrogens (tertiary/aromatic N) is 3. The molecule has 5 heteroatoms. The molecule has 3 rings (SSSR count). The summed E-state index contributed by atoms with van der Waals surface area (Å²) in [6.07, 6.45) is 0. The smallest absolute Gasteiger partial charge is 0.299 e. The summed E-state index contributed by atoms with van der Waals surface area (Å²) < 4.78 is 7.71. The fourth-order valence-corrected chi connectivity index (χ4v) is 3.47. The highest BCUT2D eigenvalue weighted by Gasteiger charge is 2.32. The average Bonchev–Trinajstić information content (AvgIpc) is 2.93. The molecular formula is C22H27N3O2. The summed E-state index contributed by atoms with van der Waals surface area (Å²) in [7, 11) is 0. The molecule has 1 unspecified atom stereocenters. The van der Waals surface area contributed by atoms with Crippen molar-refractivity contribution in [3.63, 3.8) is 0 Å². The van der Waals surface area contributed by atoms with Crippen LogP contribution in [0.3, 0.4) is 0 Å². The number of hydrogen-bond donors (Lipinski definition) is 0. The highest BCUT2D eigenvalue weighted by molar-refractivity contribution is 5.94. The zero-order valence-corrected chi connectivity index (χ0v) is 16.5. The molecular weight excluding hydrogens is 338 g/mol. The van der Waals surface area contributed by atoms with Gasteiger partial charge in [0.15, 0.2) is 0 Å². The van der Waals surface area contributed by atoms with Crippen LogP contribution in [-0.2, 0) is 16.1 Å². The molecule has 2 heterocycles. The third-order valence-corrected chi connectivity index (χ3v) is 4.80. The van der Waals surface area contributed by atoms with Crippen molar-refractivity contribution < 1.29 is 9.53 Å². The summed E-state index contributed by atoms with van der Waals surface area (Å²) in [5.41, 5.74) is 4.28. The normalized spacial score (nSPS) is 16.9. The van der Waals surface area contributed by atoms with E-state index in [4.69, 9.17) is 9.84 Å². The van der Waals surface area contributed by atoms with E-state index in [0.717, 1.165) is 17.0 Å². The minimum absolute atomic E-state index is 0.133. The van der Waals surface area contributed by atoms with Gasteiger partial charge in [0.1, 0.15) is 0 Å². The van der Waals surface area contributed by atoms with Crippen molar-refractivity contribution in [2.24, 2.45) is 5.92 Å². The van der Waals surface area contributed by atoms with Crippen molar-refractivity contribution in [3.8, 4) is 11.8 Å². The van der Waals surface area contributed by atoms with Gasteiger partial charge in [-0.15, -0.1) is 0 Å². The number of hydrogen-bond acceptors (Lipinski definition) is 3. The molecule has 1 fully saturated rings. The Balaban J connectivity index is 1.89. The van der Waals surface area contributed by atoms with Crippen LogP contribution in [0.2, 0.25) is 0 Å². The lowest BCUT2D eigenvalue weighted by atomic mass is 10.0. The number of aryl methyl sites for hydroxylation is 1. The van der Waals surface area contributed by atoms with Crippen molar-refractivity contribution >= 4 is 5.91 Å². The van der Waals surface area contributed by atoms with Crippen molar-refractivity contribution in [1.82, 2.24) is 14.7 Å². The number of morpholine rings is 1. The molecule has 5 nitrogen and oxygen atoms in total. The number of benzene rings is 1. The van der Waals surface area contributed by atoms with E-state index in [1.807, 2.05) is 48.6 Å². The molecule has 0 N–H and O–H groups in total. The predicted octanol–water partition coefficient (Wildman–Crippen LogP) is 3.11. The topological polar surface area (TPSA) is 47.4 Å². The number of ether oxygens (including phenoxy) is 1. The molecule has 0 spiro atoms. The van der Waals surface area contributed by atoms with Crippen molar-refractivity contribution in [3.05, 3.63) is 52.8 Å². The zero-order valence-electron chi connectivity index (χ0n) is 16.5. The third-order valence-electron chi connectivity index (χ3n) is 4.80. The number of aromatic nitrogens is 2. The van der Waals surface area contributed by atoms with Crippen LogP contribution in [0.25, 0.3) is 0 Å². The molecule has 1 amide bonds. The molecule has 1 aliphatic heterocycles. The second kappa shape index (κ2) is 8.41. The fourth-order valence-electron chi connectivity index (χ4n) is 3.47. The molecule has 1 aromatic carbocycles. The van der Waals surface area contributed by atoms with Gasteiger partial charge in [-0.1, -0.05) is 50.1 Å². The maximum atomic E-state index is 12.7. The molecule has 142 valence electrons. The van der Waals surface area contributed by atoms with E-state index in [-0.39, 0.29) is 17.9 Å². The first-order chi connectivity index (χ1) is 13.0. The lowest BCUT2D eigenvalue weighted by molar-refractivity contribution is -0.133. The minimum Gasteiger partial charge on any atom is -0.377 e. The van der Waals surface area contributed by atoms with Crippen LogP contribution in [0.5, 0.6) is 0 Å². The Bertz CT molecular complexity index is 859. The van der Waals surface area contributed by atoms with E-state index in [0.29, 0.717) is 26.3 Å². The molecule has 27 heavy (non-hydrogen) atoms. The fraction of sp³-hybridized carbons (Fsp3) is 0.455. The van der Waals surface area contributed by atoms with Gasteiger partial charge in [-0.2, -0.15) is 5.10 Å². The van der Waals surface area contributed by atoms with Crippen molar-refractivity contribution in [2.45, 2.75) is 40.3 Å². The molecule has 0 radical (unpaired) electrons.